The van der Waals surface area contributed by atoms with Crippen LogP contribution < -0.4 is 0 Å². The summed E-state index contributed by atoms with van der Waals surface area (Å²) < 4.78 is 26.5. The number of fused-ring (bicyclic) bond motifs is 3. The van der Waals surface area contributed by atoms with Gasteiger partial charge < -0.3 is 4.98 Å². The molecular weight excluding hydrogens is 254 g/mol. The van der Waals surface area contributed by atoms with Crippen LogP contribution in [0.4, 0.5) is 8.78 Å². The van der Waals surface area contributed by atoms with Gasteiger partial charge in [0.2, 0.25) is 5.78 Å². The third-order valence-corrected chi connectivity index (χ3v) is 2.98. The van der Waals surface area contributed by atoms with Crippen molar-refractivity contribution < 1.29 is 18.4 Å². The number of rotatable bonds is 1. The monoisotopic (exact) mass is 262 g/mol. The first-order valence-electron chi connectivity index (χ1n) is 5.56. The number of halogens is 2. The van der Waals surface area contributed by atoms with E-state index in [1.165, 1.54) is 6.07 Å². The Morgan fingerprint density at radius 3 is 2.37 bits per heavy atom. The molecule has 6 heteroatoms. The number of imidazole rings is 1. The van der Waals surface area contributed by atoms with Crippen LogP contribution in [0.5, 0.6) is 0 Å². The first-order valence-corrected chi connectivity index (χ1v) is 5.56. The van der Waals surface area contributed by atoms with Crippen LogP contribution in [0.25, 0.3) is 11.3 Å². The van der Waals surface area contributed by atoms with Crippen molar-refractivity contribution in [1.29, 1.82) is 0 Å². The third kappa shape index (κ3) is 1.60. The minimum absolute atomic E-state index is 0.108. The van der Waals surface area contributed by atoms with Crippen LogP contribution in [-0.4, -0.2) is 21.5 Å². The van der Waals surface area contributed by atoms with Gasteiger partial charge in [0.05, 0.1) is 0 Å². The topological polar surface area (TPSA) is 62.8 Å². The number of benzene rings is 1. The fraction of sp³-hybridized carbons (Fsp3) is 0.154. The number of hydrogen-bond acceptors (Lipinski definition) is 3. The van der Waals surface area contributed by atoms with Crippen molar-refractivity contribution in [1.82, 2.24) is 9.97 Å². The molecule has 0 aliphatic heterocycles. The minimum Gasteiger partial charge on any atom is -0.334 e. The van der Waals surface area contributed by atoms with Gasteiger partial charge in [-0.15, -0.1) is 0 Å². The molecule has 1 aliphatic carbocycles. The first kappa shape index (κ1) is 11.7. The van der Waals surface area contributed by atoms with E-state index in [1.807, 2.05) is 0 Å². The van der Waals surface area contributed by atoms with Gasteiger partial charge in [0.1, 0.15) is 11.4 Å². The maximum Gasteiger partial charge on any atom is 0.301 e. The van der Waals surface area contributed by atoms with Gasteiger partial charge in [0, 0.05) is 18.1 Å². The predicted molar refractivity (Wildman–Crippen MR) is 62.3 cm³/mol. The van der Waals surface area contributed by atoms with Crippen molar-refractivity contribution in [3.63, 3.8) is 0 Å². The van der Waals surface area contributed by atoms with Crippen LogP contribution in [-0.2, 0) is 5.92 Å². The molecule has 0 bridgehead atoms. The SMILES string of the molecule is CC(F)(F)c1nc2c([nH]1)C(=O)C(=O)c1ccccc1-2. The number of hydrogen-bond donors (Lipinski definition) is 1. The standard InChI is InChI=1S/C13H8F2N2O2/c1-13(14,15)12-16-8-6-4-2-3-5-7(6)10(18)11(19)9(8)17-12/h2-5H,1H3,(H,16,17). The van der Waals surface area contributed by atoms with Gasteiger partial charge >= 0.3 is 5.92 Å². The smallest absolute Gasteiger partial charge is 0.301 e. The summed E-state index contributed by atoms with van der Waals surface area (Å²) in [4.78, 5) is 29.7. The van der Waals surface area contributed by atoms with Gasteiger partial charge in [-0.3, -0.25) is 9.59 Å². The van der Waals surface area contributed by atoms with E-state index >= 15 is 0 Å². The van der Waals surface area contributed by atoms with E-state index in [-0.39, 0.29) is 17.0 Å². The van der Waals surface area contributed by atoms with Crippen LogP contribution in [0.15, 0.2) is 24.3 Å². The Labute approximate surface area is 106 Å². The second-order valence-electron chi connectivity index (χ2n) is 4.40. The largest absolute Gasteiger partial charge is 0.334 e. The third-order valence-electron chi connectivity index (χ3n) is 2.98. The average Bonchev–Trinajstić information content (AvgIpc) is 2.81. The quantitative estimate of drug-likeness (QED) is 0.803. The molecule has 0 unspecified atom stereocenters. The van der Waals surface area contributed by atoms with E-state index in [4.69, 9.17) is 0 Å². The summed E-state index contributed by atoms with van der Waals surface area (Å²) in [5.74, 6) is -5.36. The number of H-pyrrole nitrogens is 1. The number of carbonyl (C=O) groups is 2. The zero-order chi connectivity index (χ0) is 13.8. The molecule has 0 fully saturated rings. The molecular formula is C13H8F2N2O2. The Bertz CT molecular complexity index is 714. The maximum absolute atomic E-state index is 13.3. The lowest BCUT2D eigenvalue weighted by Gasteiger charge is -2.11. The summed E-state index contributed by atoms with van der Waals surface area (Å²) in [6, 6.07) is 6.33. The fourth-order valence-corrected chi connectivity index (χ4v) is 2.06. The Hall–Kier alpha value is -2.37. The lowest BCUT2D eigenvalue weighted by atomic mass is 9.90. The fourth-order valence-electron chi connectivity index (χ4n) is 2.06. The molecule has 1 heterocycles. The number of nitrogens with zero attached hydrogens (tertiary/aromatic N) is 1. The first-order chi connectivity index (χ1) is 8.89. The number of nitrogens with one attached hydrogen (secondary N) is 1. The minimum atomic E-state index is -3.20. The summed E-state index contributed by atoms with van der Waals surface area (Å²) in [5.41, 5.74) is 0.531. The van der Waals surface area contributed by atoms with Crippen LogP contribution in [0.1, 0.15) is 33.6 Å². The molecule has 0 saturated carbocycles. The van der Waals surface area contributed by atoms with Gasteiger partial charge in [0.15, 0.2) is 5.82 Å². The number of ketones is 2. The second kappa shape index (κ2) is 3.57. The number of alkyl halides is 2. The van der Waals surface area contributed by atoms with Crippen molar-refractivity contribution in [3.8, 4) is 11.3 Å². The summed E-state index contributed by atoms with van der Waals surface area (Å²) in [6.07, 6.45) is 0. The molecule has 96 valence electrons. The van der Waals surface area contributed by atoms with Crippen molar-refractivity contribution in [2.45, 2.75) is 12.8 Å². The van der Waals surface area contributed by atoms with Crippen molar-refractivity contribution in [2.75, 3.05) is 0 Å². The molecule has 1 aliphatic rings. The van der Waals surface area contributed by atoms with E-state index in [0.717, 1.165) is 0 Å². The molecule has 0 saturated heterocycles. The van der Waals surface area contributed by atoms with E-state index in [2.05, 4.69) is 9.97 Å². The molecule has 0 radical (unpaired) electrons. The number of aromatic nitrogens is 2. The Morgan fingerprint density at radius 2 is 1.74 bits per heavy atom. The summed E-state index contributed by atoms with van der Waals surface area (Å²) >= 11 is 0. The molecule has 0 atom stereocenters. The molecule has 0 amide bonds. The highest BCUT2D eigenvalue weighted by atomic mass is 19.3. The summed E-state index contributed by atoms with van der Waals surface area (Å²) in [7, 11) is 0. The Morgan fingerprint density at radius 1 is 1.11 bits per heavy atom. The molecule has 1 aromatic carbocycles. The van der Waals surface area contributed by atoms with Crippen molar-refractivity contribution in [2.24, 2.45) is 0 Å². The maximum atomic E-state index is 13.3. The second-order valence-corrected chi connectivity index (χ2v) is 4.40. The zero-order valence-corrected chi connectivity index (χ0v) is 9.83. The molecule has 1 N–H and O–H groups in total. The molecule has 19 heavy (non-hydrogen) atoms. The predicted octanol–water partition coefficient (Wildman–Crippen LogP) is 2.57. The van der Waals surface area contributed by atoms with Crippen LogP contribution >= 0.6 is 0 Å². The van der Waals surface area contributed by atoms with Crippen molar-refractivity contribution >= 4 is 11.6 Å². The Balaban J connectivity index is 2.30. The van der Waals surface area contributed by atoms with E-state index in [1.54, 1.807) is 18.2 Å². The number of carbonyl (C=O) groups excluding carboxylic acids is 2. The van der Waals surface area contributed by atoms with E-state index in [9.17, 15) is 18.4 Å². The highest BCUT2D eigenvalue weighted by Crippen LogP contribution is 2.34. The molecule has 2 aromatic rings. The highest BCUT2D eigenvalue weighted by molar-refractivity contribution is 6.52. The van der Waals surface area contributed by atoms with E-state index in [0.29, 0.717) is 12.5 Å². The lowest BCUT2D eigenvalue weighted by Crippen LogP contribution is -2.21. The van der Waals surface area contributed by atoms with Crippen molar-refractivity contribution in [3.05, 3.63) is 41.3 Å². The normalized spacial score (nSPS) is 14.3. The molecule has 4 nitrogen and oxygen atoms in total. The van der Waals surface area contributed by atoms with Crippen LogP contribution in [0.3, 0.4) is 0 Å². The summed E-state index contributed by atoms with van der Waals surface area (Å²) in [6.45, 7) is 0.676. The molecule has 1 aromatic heterocycles. The molecule has 0 spiro atoms. The zero-order valence-electron chi connectivity index (χ0n) is 9.83. The molecule has 3 rings (SSSR count). The van der Waals surface area contributed by atoms with Gasteiger partial charge in [0.25, 0.3) is 5.78 Å². The van der Waals surface area contributed by atoms with Gasteiger partial charge in [-0.1, -0.05) is 24.3 Å². The van der Waals surface area contributed by atoms with Gasteiger partial charge in [-0.25, -0.2) is 4.98 Å². The van der Waals surface area contributed by atoms with Gasteiger partial charge in [-0.2, -0.15) is 8.78 Å². The Kier molecular flexibility index (Phi) is 2.20. The van der Waals surface area contributed by atoms with Crippen LogP contribution in [0, 0.1) is 0 Å². The summed E-state index contributed by atoms with van der Waals surface area (Å²) in [5, 5.41) is 0. The number of aromatic amines is 1. The highest BCUT2D eigenvalue weighted by Gasteiger charge is 2.37. The van der Waals surface area contributed by atoms with E-state index < -0.39 is 23.3 Å². The lowest BCUT2D eigenvalue weighted by molar-refractivity contribution is 0.00857. The number of Topliss-reactive ketones (excluding diaryl/α,β-unsaturated/α-hetero) is 2. The average molecular weight is 262 g/mol. The van der Waals surface area contributed by atoms with Gasteiger partial charge in [-0.05, 0) is 0 Å². The van der Waals surface area contributed by atoms with Crippen LogP contribution in [0.2, 0.25) is 0 Å².